The third-order valence-electron chi connectivity index (χ3n) is 1.43. The number of rotatable bonds is 5. The molecule has 0 saturated heterocycles. The molecule has 64 valence electrons. The molecule has 1 atom stereocenters. The van der Waals surface area contributed by atoms with Crippen molar-refractivity contribution >= 4 is 5.97 Å². The zero-order chi connectivity index (χ0) is 8.85. The molecule has 1 unspecified atom stereocenters. The van der Waals surface area contributed by atoms with Gasteiger partial charge in [0.2, 0.25) is 0 Å². The van der Waals surface area contributed by atoms with E-state index in [1.807, 2.05) is 6.92 Å². The van der Waals surface area contributed by atoms with Crippen LogP contribution in [0.1, 0.15) is 19.8 Å². The van der Waals surface area contributed by atoms with Gasteiger partial charge in [-0.2, -0.15) is 0 Å². The summed E-state index contributed by atoms with van der Waals surface area (Å²) in [5.41, 5.74) is 6.35. The summed E-state index contributed by atoms with van der Waals surface area (Å²) in [6, 6.07) is 0. The van der Waals surface area contributed by atoms with E-state index >= 15 is 0 Å². The highest BCUT2D eigenvalue weighted by atomic mass is 16.5. The molecule has 0 aliphatic rings. The van der Waals surface area contributed by atoms with Crippen molar-refractivity contribution in [1.29, 1.82) is 0 Å². The highest BCUT2D eigenvalue weighted by Crippen LogP contribution is 2.11. The van der Waals surface area contributed by atoms with Gasteiger partial charge in [0.15, 0.2) is 0 Å². The van der Waals surface area contributed by atoms with Crippen LogP contribution in [0.3, 0.4) is 0 Å². The largest absolute Gasteiger partial charge is 0.481 e. The van der Waals surface area contributed by atoms with Crippen molar-refractivity contribution in [2.45, 2.75) is 19.8 Å². The number of aliphatic carboxylic acids is 1. The zero-order valence-corrected chi connectivity index (χ0v) is 6.84. The van der Waals surface area contributed by atoms with Crippen LogP contribution in [-0.4, -0.2) is 17.6 Å². The second-order valence-corrected chi connectivity index (χ2v) is 2.86. The number of nitrogens with two attached hydrogens (primary N) is 1. The molecule has 0 aliphatic carbocycles. The summed E-state index contributed by atoms with van der Waals surface area (Å²) in [5, 5.41) is 8.44. The van der Waals surface area contributed by atoms with Crippen LogP contribution in [0.15, 0.2) is 12.2 Å². The first-order chi connectivity index (χ1) is 5.06. The molecule has 0 aromatic rings. The Bertz CT molecular complexity index is 138. The van der Waals surface area contributed by atoms with E-state index in [9.17, 15) is 4.79 Å². The van der Waals surface area contributed by atoms with Crippen molar-refractivity contribution in [2.75, 3.05) is 6.54 Å². The van der Waals surface area contributed by atoms with Crippen LogP contribution in [0.2, 0.25) is 0 Å². The van der Waals surface area contributed by atoms with Gasteiger partial charge in [-0.15, -0.1) is 6.58 Å². The zero-order valence-electron chi connectivity index (χ0n) is 6.84. The SMILES string of the molecule is C=C(C)C[13CH](CN)[13CH2][13C](=O)O. The van der Waals surface area contributed by atoms with Crippen molar-refractivity contribution in [3.05, 3.63) is 12.2 Å². The molecule has 0 spiro atoms. The van der Waals surface area contributed by atoms with Gasteiger partial charge in [-0.3, -0.25) is 4.79 Å². The number of hydrogen-bond donors (Lipinski definition) is 2. The molecule has 3 N–H and O–H groups in total. The van der Waals surface area contributed by atoms with E-state index in [4.69, 9.17) is 10.8 Å². The van der Waals surface area contributed by atoms with Crippen LogP contribution in [0.4, 0.5) is 0 Å². The Labute approximate surface area is 66.9 Å². The summed E-state index contributed by atoms with van der Waals surface area (Å²) < 4.78 is 0. The van der Waals surface area contributed by atoms with Gasteiger partial charge in [0.25, 0.3) is 0 Å². The topological polar surface area (TPSA) is 63.3 Å². The quantitative estimate of drug-likeness (QED) is 0.466. The van der Waals surface area contributed by atoms with Crippen molar-refractivity contribution in [3.8, 4) is 0 Å². The Morgan fingerprint density at radius 1 is 1.64 bits per heavy atom. The van der Waals surface area contributed by atoms with E-state index in [-0.39, 0.29) is 12.3 Å². The lowest BCUT2D eigenvalue weighted by Gasteiger charge is -2.10. The first-order valence-corrected chi connectivity index (χ1v) is 3.62. The predicted octanol–water partition coefficient (Wildman–Crippen LogP) is 1.00. The minimum atomic E-state index is -0.790. The molecule has 0 bridgehead atoms. The second kappa shape index (κ2) is 4.91. The average Bonchev–Trinajstić information content (AvgIpc) is 1.84. The standard InChI is InChI=1S/C8H15NO2/c1-6(2)3-7(5-9)4-8(10)11/h7H,1,3-5,9H2,2H3,(H,10,11)/i4+1,7+1,8+1. The molecule has 3 nitrogen and oxygen atoms in total. The average molecular weight is 160 g/mol. The van der Waals surface area contributed by atoms with E-state index in [2.05, 4.69) is 6.58 Å². The Kier molecular flexibility index (Phi) is 4.54. The Hall–Kier alpha value is -0.830. The smallest absolute Gasteiger partial charge is 0.303 e. The molecule has 0 rings (SSSR count). The van der Waals surface area contributed by atoms with Gasteiger partial charge in [0, 0.05) is 6.42 Å². The second-order valence-electron chi connectivity index (χ2n) is 2.86. The number of hydrogen-bond acceptors (Lipinski definition) is 2. The maximum absolute atomic E-state index is 10.3. The third-order valence-corrected chi connectivity index (χ3v) is 1.43. The van der Waals surface area contributed by atoms with Crippen LogP contribution in [0, 0.1) is 5.92 Å². The van der Waals surface area contributed by atoms with E-state index in [1.54, 1.807) is 0 Å². The fourth-order valence-corrected chi connectivity index (χ4v) is 0.979. The van der Waals surface area contributed by atoms with E-state index < -0.39 is 5.97 Å². The molecule has 0 saturated carbocycles. The molecule has 0 heterocycles. The van der Waals surface area contributed by atoms with E-state index in [0.717, 1.165) is 5.57 Å². The molecular formula is C8H15NO2. The van der Waals surface area contributed by atoms with Gasteiger partial charge in [-0.05, 0) is 25.8 Å². The number of carboxylic acid groups (broad SMARTS) is 1. The number of carboxylic acids is 1. The predicted molar refractivity (Wildman–Crippen MR) is 44.2 cm³/mol. The van der Waals surface area contributed by atoms with Gasteiger partial charge in [0.05, 0.1) is 0 Å². The van der Waals surface area contributed by atoms with E-state index in [0.29, 0.717) is 13.0 Å². The molecule has 11 heavy (non-hydrogen) atoms. The first kappa shape index (κ1) is 10.2. The van der Waals surface area contributed by atoms with Gasteiger partial charge in [-0.25, -0.2) is 0 Å². The number of carbonyl (C=O) groups is 1. The summed E-state index contributed by atoms with van der Waals surface area (Å²) in [6.07, 6.45) is 0.853. The van der Waals surface area contributed by atoms with Crippen LogP contribution in [0.5, 0.6) is 0 Å². The van der Waals surface area contributed by atoms with Crippen LogP contribution in [0.25, 0.3) is 0 Å². The van der Waals surface area contributed by atoms with Gasteiger partial charge >= 0.3 is 5.97 Å². The lowest BCUT2D eigenvalue weighted by Crippen LogP contribution is -2.18. The molecule has 0 aromatic heterocycles. The van der Waals surface area contributed by atoms with Gasteiger partial charge in [0.1, 0.15) is 0 Å². The molecule has 3 heteroatoms. The summed E-state index contributed by atoms with van der Waals surface area (Å²) in [7, 11) is 0. The molecule has 0 aromatic carbocycles. The lowest BCUT2D eigenvalue weighted by molar-refractivity contribution is -0.138. The summed E-state index contributed by atoms with van der Waals surface area (Å²) in [4.78, 5) is 10.3. The van der Waals surface area contributed by atoms with E-state index in [1.165, 1.54) is 0 Å². The molecule has 0 fully saturated rings. The number of allylic oxidation sites excluding steroid dienone is 1. The van der Waals surface area contributed by atoms with Crippen molar-refractivity contribution < 1.29 is 9.90 Å². The first-order valence-electron chi connectivity index (χ1n) is 3.62. The molecule has 0 radical (unpaired) electrons. The van der Waals surface area contributed by atoms with Crippen LogP contribution < -0.4 is 5.73 Å². The lowest BCUT2D eigenvalue weighted by atomic mass is 10.3. The third kappa shape index (κ3) is 5.61. The summed E-state index contributed by atoms with van der Waals surface area (Å²) in [6.45, 7) is 6.00. The Balaban J connectivity index is 3.76. The summed E-state index contributed by atoms with van der Waals surface area (Å²) in [5.74, 6) is -0.744. The molecular weight excluding hydrogens is 145 g/mol. The summed E-state index contributed by atoms with van der Waals surface area (Å²) >= 11 is 0. The van der Waals surface area contributed by atoms with Gasteiger partial charge < -0.3 is 10.8 Å². The molecule has 0 amide bonds. The minimum Gasteiger partial charge on any atom is -0.481 e. The highest BCUT2D eigenvalue weighted by molar-refractivity contribution is 5.67. The van der Waals surface area contributed by atoms with Gasteiger partial charge in [-0.1, -0.05) is 5.57 Å². The maximum Gasteiger partial charge on any atom is 0.303 e. The fraction of sp³-hybridized carbons (Fsp3) is 0.625. The van der Waals surface area contributed by atoms with Crippen molar-refractivity contribution in [3.63, 3.8) is 0 Å². The highest BCUT2D eigenvalue weighted by Gasteiger charge is 2.10. The molecule has 0 aliphatic heterocycles. The van der Waals surface area contributed by atoms with Crippen molar-refractivity contribution in [2.24, 2.45) is 11.7 Å². The van der Waals surface area contributed by atoms with Crippen LogP contribution in [-0.2, 0) is 4.79 Å². The van der Waals surface area contributed by atoms with Crippen LogP contribution >= 0.6 is 0 Å². The fourth-order valence-electron chi connectivity index (χ4n) is 0.979. The Morgan fingerprint density at radius 2 is 2.18 bits per heavy atom. The monoisotopic (exact) mass is 160 g/mol. The van der Waals surface area contributed by atoms with Crippen molar-refractivity contribution in [1.82, 2.24) is 0 Å². The minimum absolute atomic E-state index is 0.0463. The normalized spacial score (nSPS) is 12.5. The Morgan fingerprint density at radius 3 is 2.45 bits per heavy atom. The maximum atomic E-state index is 10.3.